The number of aliphatic hydroxyl groups is 1. The minimum atomic E-state index is -2.36. The van der Waals surface area contributed by atoms with Crippen molar-refractivity contribution >= 4 is 32.5 Å². The summed E-state index contributed by atoms with van der Waals surface area (Å²) in [4.78, 5) is 13.0. The lowest BCUT2D eigenvalue weighted by Crippen LogP contribution is -2.34. The molecule has 2 saturated heterocycles. The van der Waals surface area contributed by atoms with E-state index in [4.69, 9.17) is 25.8 Å². The van der Waals surface area contributed by atoms with E-state index in [2.05, 4.69) is 19.3 Å². The van der Waals surface area contributed by atoms with Gasteiger partial charge < -0.3 is 24.3 Å². The molecule has 2 aliphatic rings. The minimum absolute atomic E-state index is 0.232. The summed E-state index contributed by atoms with van der Waals surface area (Å²) in [5.41, 5.74) is 4.59. The van der Waals surface area contributed by atoms with Gasteiger partial charge in [-0.1, -0.05) is 48.0 Å². The van der Waals surface area contributed by atoms with Gasteiger partial charge >= 0.3 is 0 Å². The van der Waals surface area contributed by atoms with Gasteiger partial charge in [-0.2, -0.15) is 4.98 Å². The molecular weight excluding hydrogens is 516 g/mol. The third-order valence-electron chi connectivity index (χ3n) is 6.78. The Balaban J connectivity index is 1.23. The lowest BCUT2D eigenvalue weighted by molar-refractivity contribution is 0.00706. The van der Waals surface area contributed by atoms with Crippen molar-refractivity contribution in [2.75, 3.05) is 26.5 Å². The van der Waals surface area contributed by atoms with Gasteiger partial charge in [0.1, 0.15) is 18.3 Å². The molecule has 2 aliphatic heterocycles. The van der Waals surface area contributed by atoms with Crippen molar-refractivity contribution < 1.29 is 23.5 Å². The molecule has 6 rings (SSSR count). The normalized spacial score (nSPS) is 24.6. The number of rotatable bonds is 5. The molecule has 9 nitrogen and oxygen atoms in total. The number of hydrogen-bond donors (Lipinski definition) is 2. The highest BCUT2D eigenvalue weighted by atomic mass is 35.5. The number of benzene rings is 2. The van der Waals surface area contributed by atoms with Crippen LogP contribution < -0.4 is 4.74 Å². The smallest absolute Gasteiger partial charge is 0.296 e. The summed E-state index contributed by atoms with van der Waals surface area (Å²) in [6.07, 6.45) is -0.104. The van der Waals surface area contributed by atoms with Crippen molar-refractivity contribution in [3.8, 4) is 28.4 Å². The average Bonchev–Trinajstić information content (AvgIpc) is 3.60. The van der Waals surface area contributed by atoms with Gasteiger partial charge in [-0.3, -0.25) is 0 Å². The van der Waals surface area contributed by atoms with Crippen molar-refractivity contribution in [3.05, 3.63) is 59.6 Å². The fraction of sp³-hybridized carbons (Fsp3) is 0.308. The highest BCUT2D eigenvalue weighted by Gasteiger charge is 2.48. The number of H-pyrrole nitrogens is 1. The number of aromatic amines is 1. The highest BCUT2D eigenvalue weighted by Crippen LogP contribution is 2.33. The maximum atomic E-state index is 12.5. The van der Waals surface area contributed by atoms with Gasteiger partial charge in [0.05, 0.1) is 39.2 Å². The van der Waals surface area contributed by atoms with Gasteiger partial charge in [-0.15, -0.1) is 0 Å². The number of nitrogens with zero attached hydrogens (tertiary/aromatic N) is 3. The number of imidazole rings is 1. The van der Waals surface area contributed by atoms with Crippen LogP contribution >= 0.6 is 11.6 Å². The first kappa shape index (κ1) is 24.3. The summed E-state index contributed by atoms with van der Waals surface area (Å²) >= 11 is 6.58. The number of nitrogens with one attached hydrogen (secondary N) is 1. The van der Waals surface area contributed by atoms with Crippen molar-refractivity contribution in [1.29, 1.82) is 0 Å². The highest BCUT2D eigenvalue weighted by molar-refractivity contribution is 7.93. The van der Waals surface area contributed by atoms with Crippen LogP contribution in [0.5, 0.6) is 6.01 Å². The SMILES string of the molecule is CN=S(C)(=O)c1ccc(-c2ccc(-c3nc4nc(O[C@@H]5CO[C@H]6[C@@H]5OC[C@H]6O)[nH]c4cc3Cl)cc2)cc1. The summed E-state index contributed by atoms with van der Waals surface area (Å²) in [7, 11) is -0.794. The van der Waals surface area contributed by atoms with Crippen LogP contribution in [0.2, 0.25) is 5.02 Å². The zero-order valence-corrected chi connectivity index (χ0v) is 21.7. The summed E-state index contributed by atoms with van der Waals surface area (Å²) in [6.45, 7) is 0.540. The Kier molecular flexibility index (Phi) is 6.16. The quantitative estimate of drug-likeness (QED) is 0.393. The molecule has 0 bridgehead atoms. The van der Waals surface area contributed by atoms with Crippen molar-refractivity contribution in [3.63, 3.8) is 0 Å². The molecule has 192 valence electrons. The van der Waals surface area contributed by atoms with Crippen LogP contribution in [0.4, 0.5) is 0 Å². The fourth-order valence-electron chi connectivity index (χ4n) is 4.67. The van der Waals surface area contributed by atoms with Gasteiger partial charge in [-0.05, 0) is 29.3 Å². The van der Waals surface area contributed by atoms with Crippen LogP contribution in [0, 0.1) is 0 Å². The van der Waals surface area contributed by atoms with E-state index >= 15 is 0 Å². The van der Waals surface area contributed by atoms with Crippen LogP contribution in [-0.2, 0) is 19.2 Å². The predicted octanol–water partition coefficient (Wildman–Crippen LogP) is 3.94. The summed E-state index contributed by atoms with van der Waals surface area (Å²) in [5.74, 6) is 0. The Morgan fingerprint density at radius 1 is 1.03 bits per heavy atom. The molecule has 2 aromatic carbocycles. The van der Waals surface area contributed by atoms with E-state index in [-0.39, 0.29) is 24.9 Å². The lowest BCUT2D eigenvalue weighted by atomic mass is 10.0. The zero-order chi connectivity index (χ0) is 25.7. The Morgan fingerprint density at radius 3 is 2.38 bits per heavy atom. The van der Waals surface area contributed by atoms with Gasteiger partial charge in [-0.25, -0.2) is 13.6 Å². The molecule has 2 aromatic heterocycles. The Bertz CT molecular complexity index is 1580. The zero-order valence-electron chi connectivity index (χ0n) is 20.1. The van der Waals surface area contributed by atoms with Crippen LogP contribution in [-0.4, -0.2) is 75.2 Å². The molecule has 2 N–H and O–H groups in total. The standard InChI is InChI=1S/C26H25ClN4O5S/c1-28-37(2,33)17-9-7-15(8-10-17)14-3-5-16(6-4-14)22-18(27)11-19-25(30-22)31-26(29-19)36-21-13-35-23-20(32)12-34-24(21)23/h3-11,20-21,23-24,32H,12-13H2,1-2H3,(H,29,30,31)/t20-,21-,23-,24-,37?/m1/s1. The molecular formula is C26H25ClN4O5S. The first-order valence-corrected chi connectivity index (χ1v) is 14.1. The van der Waals surface area contributed by atoms with Crippen molar-refractivity contribution in [2.24, 2.45) is 4.36 Å². The Hall–Kier alpha value is -3.02. The second-order valence-electron chi connectivity index (χ2n) is 9.14. The van der Waals surface area contributed by atoms with Crippen LogP contribution in [0.1, 0.15) is 0 Å². The molecule has 11 heteroatoms. The number of hydrogen-bond acceptors (Lipinski definition) is 8. The molecule has 0 aliphatic carbocycles. The van der Waals surface area contributed by atoms with Gasteiger partial charge in [0, 0.05) is 23.8 Å². The number of aromatic nitrogens is 3. The van der Waals surface area contributed by atoms with Gasteiger partial charge in [0.2, 0.25) is 0 Å². The van der Waals surface area contributed by atoms with E-state index in [1.54, 1.807) is 19.4 Å². The largest absolute Gasteiger partial charge is 0.456 e. The number of ether oxygens (including phenoxy) is 3. The fourth-order valence-corrected chi connectivity index (χ4v) is 5.78. The van der Waals surface area contributed by atoms with Crippen LogP contribution in [0.25, 0.3) is 33.5 Å². The first-order chi connectivity index (χ1) is 17.8. The Morgan fingerprint density at radius 2 is 1.68 bits per heavy atom. The molecule has 0 radical (unpaired) electrons. The number of halogens is 1. The van der Waals surface area contributed by atoms with E-state index in [0.29, 0.717) is 39.4 Å². The third-order valence-corrected chi connectivity index (χ3v) is 8.91. The second kappa shape index (κ2) is 9.38. The molecule has 2 fully saturated rings. The van der Waals surface area contributed by atoms with Crippen molar-refractivity contribution in [2.45, 2.75) is 29.3 Å². The monoisotopic (exact) mass is 540 g/mol. The number of aliphatic hydroxyl groups excluding tert-OH is 1. The third kappa shape index (κ3) is 4.49. The number of pyridine rings is 1. The lowest BCUT2D eigenvalue weighted by Gasteiger charge is -2.15. The maximum Gasteiger partial charge on any atom is 0.296 e. The van der Waals surface area contributed by atoms with E-state index in [0.717, 1.165) is 16.7 Å². The summed E-state index contributed by atoms with van der Waals surface area (Å²) < 4.78 is 33.6. The maximum absolute atomic E-state index is 12.5. The molecule has 4 heterocycles. The topological polar surface area (TPSA) is 119 Å². The molecule has 0 amide bonds. The van der Waals surface area contributed by atoms with E-state index < -0.39 is 15.8 Å². The Labute approximate surface area is 219 Å². The minimum Gasteiger partial charge on any atom is -0.456 e. The molecule has 37 heavy (non-hydrogen) atoms. The number of fused-ring (bicyclic) bond motifs is 2. The summed E-state index contributed by atoms with van der Waals surface area (Å²) in [5, 5.41) is 10.4. The van der Waals surface area contributed by atoms with E-state index in [9.17, 15) is 9.32 Å². The average molecular weight is 541 g/mol. The van der Waals surface area contributed by atoms with Crippen molar-refractivity contribution in [1.82, 2.24) is 15.0 Å². The second-order valence-corrected chi connectivity index (χ2v) is 12.0. The first-order valence-electron chi connectivity index (χ1n) is 11.8. The molecule has 1 unspecified atom stereocenters. The molecule has 5 atom stereocenters. The molecule has 0 saturated carbocycles. The summed E-state index contributed by atoms with van der Waals surface area (Å²) in [6, 6.07) is 17.5. The molecule has 4 aromatic rings. The van der Waals surface area contributed by atoms with E-state index in [1.807, 2.05) is 48.5 Å². The predicted molar refractivity (Wildman–Crippen MR) is 140 cm³/mol. The van der Waals surface area contributed by atoms with Crippen LogP contribution in [0.15, 0.2) is 63.9 Å². The van der Waals surface area contributed by atoms with Gasteiger partial charge in [0.15, 0.2) is 11.8 Å². The van der Waals surface area contributed by atoms with Gasteiger partial charge in [0.25, 0.3) is 6.01 Å². The van der Waals surface area contributed by atoms with Crippen LogP contribution in [0.3, 0.4) is 0 Å². The van der Waals surface area contributed by atoms with E-state index in [1.165, 1.54) is 0 Å². The molecule has 0 spiro atoms.